The van der Waals surface area contributed by atoms with E-state index in [-0.39, 0.29) is 5.75 Å². The highest BCUT2D eigenvalue weighted by Crippen LogP contribution is 2.25. The Hall–Kier alpha value is -2.36. The summed E-state index contributed by atoms with van der Waals surface area (Å²) in [6, 6.07) is 11.5. The zero-order chi connectivity index (χ0) is 13.1. The molecule has 0 unspecified atom stereocenters. The minimum Gasteiger partial charge on any atom is -0.507 e. The number of fused-ring (bicyclic) bond motifs is 1. The summed E-state index contributed by atoms with van der Waals surface area (Å²) in [5, 5.41) is 16.2. The summed E-state index contributed by atoms with van der Waals surface area (Å²) < 4.78 is 0. The van der Waals surface area contributed by atoms with Crippen LogP contribution >= 0.6 is 0 Å². The first-order valence-corrected chi connectivity index (χ1v) is 6.38. The van der Waals surface area contributed by atoms with Gasteiger partial charge in [0.25, 0.3) is 0 Å². The molecule has 2 aromatic rings. The average molecular weight is 253 g/mol. The third-order valence-corrected chi connectivity index (χ3v) is 3.21. The Morgan fingerprint density at radius 1 is 1.21 bits per heavy atom. The summed E-state index contributed by atoms with van der Waals surface area (Å²) in [6.07, 6.45) is 3.68. The van der Waals surface area contributed by atoms with Crippen LogP contribution in [0.25, 0.3) is 10.8 Å². The first-order chi connectivity index (χ1) is 9.34. The molecule has 2 N–H and O–H groups in total. The molecule has 3 rings (SSSR count). The third kappa shape index (κ3) is 2.42. The molecule has 0 radical (unpaired) electrons. The van der Waals surface area contributed by atoms with Crippen LogP contribution in [0.3, 0.4) is 0 Å². The minimum atomic E-state index is 0.234. The highest BCUT2D eigenvalue weighted by molar-refractivity contribution is 6.02. The summed E-state index contributed by atoms with van der Waals surface area (Å²) >= 11 is 0. The summed E-state index contributed by atoms with van der Waals surface area (Å²) in [6.45, 7) is 0.872. The Bertz CT molecular complexity index is 661. The molecule has 0 bridgehead atoms. The smallest absolute Gasteiger partial charge is 0.125 e. The first kappa shape index (κ1) is 11.7. The van der Waals surface area contributed by atoms with Crippen molar-refractivity contribution in [3.63, 3.8) is 0 Å². The quantitative estimate of drug-likeness (QED) is 0.638. The van der Waals surface area contributed by atoms with Gasteiger partial charge in [-0.1, -0.05) is 30.3 Å². The molecule has 19 heavy (non-hydrogen) atoms. The van der Waals surface area contributed by atoms with Crippen LogP contribution in [0.4, 0.5) is 0 Å². The van der Waals surface area contributed by atoms with Gasteiger partial charge in [0.05, 0.1) is 6.21 Å². The van der Waals surface area contributed by atoms with Crippen molar-refractivity contribution in [3.05, 3.63) is 42.0 Å². The van der Waals surface area contributed by atoms with Crippen molar-refractivity contribution >= 4 is 22.8 Å². The van der Waals surface area contributed by atoms with Crippen LogP contribution in [0.15, 0.2) is 46.5 Å². The zero-order valence-electron chi connectivity index (χ0n) is 10.5. The zero-order valence-corrected chi connectivity index (χ0v) is 10.5. The van der Waals surface area contributed by atoms with Gasteiger partial charge in [-0.25, -0.2) is 0 Å². The number of phenols is 1. The van der Waals surface area contributed by atoms with Crippen LogP contribution in [0.1, 0.15) is 18.4 Å². The van der Waals surface area contributed by atoms with Crippen LogP contribution in [0.2, 0.25) is 0 Å². The van der Waals surface area contributed by atoms with Gasteiger partial charge < -0.3 is 5.11 Å². The number of rotatable bonds is 2. The largest absolute Gasteiger partial charge is 0.507 e. The number of nitrogens with zero attached hydrogens (tertiary/aromatic N) is 2. The number of hydrazone groups is 1. The summed E-state index contributed by atoms with van der Waals surface area (Å²) in [4.78, 5) is 4.28. The van der Waals surface area contributed by atoms with Crippen LogP contribution in [-0.2, 0) is 0 Å². The van der Waals surface area contributed by atoms with Crippen molar-refractivity contribution in [3.8, 4) is 5.75 Å². The molecular formula is C15H15N3O. The van der Waals surface area contributed by atoms with E-state index in [9.17, 15) is 5.11 Å². The molecule has 0 amide bonds. The van der Waals surface area contributed by atoms with Crippen molar-refractivity contribution in [1.82, 2.24) is 5.43 Å². The SMILES string of the molecule is Oc1ccc2ccccc2c1C=NNC1=NCCC1. The molecule has 1 heterocycles. The van der Waals surface area contributed by atoms with Gasteiger partial charge >= 0.3 is 0 Å². The van der Waals surface area contributed by atoms with Gasteiger partial charge in [0.1, 0.15) is 11.6 Å². The Kier molecular flexibility index (Phi) is 3.14. The molecule has 96 valence electrons. The average Bonchev–Trinajstić information content (AvgIpc) is 2.94. The maximum Gasteiger partial charge on any atom is 0.125 e. The maximum atomic E-state index is 9.95. The highest BCUT2D eigenvalue weighted by Gasteiger charge is 2.06. The van der Waals surface area contributed by atoms with Crippen LogP contribution in [0.5, 0.6) is 5.75 Å². The van der Waals surface area contributed by atoms with Crippen LogP contribution in [0, 0.1) is 0 Å². The fourth-order valence-corrected chi connectivity index (χ4v) is 2.22. The van der Waals surface area contributed by atoms with Gasteiger partial charge in [-0.3, -0.25) is 10.4 Å². The second kappa shape index (κ2) is 5.10. The third-order valence-electron chi connectivity index (χ3n) is 3.21. The molecule has 0 fully saturated rings. The highest BCUT2D eigenvalue weighted by atomic mass is 16.3. The monoisotopic (exact) mass is 253 g/mol. The van der Waals surface area contributed by atoms with Gasteiger partial charge in [-0.2, -0.15) is 5.10 Å². The van der Waals surface area contributed by atoms with Crippen molar-refractivity contribution in [2.45, 2.75) is 12.8 Å². The van der Waals surface area contributed by atoms with Crippen molar-refractivity contribution < 1.29 is 5.11 Å². The molecule has 2 aromatic carbocycles. The van der Waals surface area contributed by atoms with Crippen molar-refractivity contribution in [2.24, 2.45) is 10.1 Å². The van der Waals surface area contributed by atoms with E-state index in [0.717, 1.165) is 41.6 Å². The standard InChI is InChI=1S/C15H15N3O/c19-14-8-7-11-4-1-2-5-12(11)13(14)10-17-18-15-6-3-9-16-15/h1-2,4-5,7-8,10,19H,3,6,9H2,(H,16,18). The van der Waals surface area contributed by atoms with E-state index in [4.69, 9.17) is 0 Å². The lowest BCUT2D eigenvalue weighted by Crippen LogP contribution is -2.14. The van der Waals surface area contributed by atoms with Gasteiger partial charge in [0, 0.05) is 18.5 Å². The molecule has 0 saturated heterocycles. The summed E-state index contributed by atoms with van der Waals surface area (Å²) in [5.41, 5.74) is 3.66. The van der Waals surface area contributed by atoms with Gasteiger partial charge in [0.15, 0.2) is 0 Å². The summed E-state index contributed by atoms with van der Waals surface area (Å²) in [5.74, 6) is 1.15. The Morgan fingerprint density at radius 3 is 2.95 bits per heavy atom. The number of phenolic OH excluding ortho intramolecular Hbond substituents is 1. The van der Waals surface area contributed by atoms with E-state index >= 15 is 0 Å². The molecule has 0 aliphatic carbocycles. The second-order valence-electron chi connectivity index (χ2n) is 4.52. The lowest BCUT2D eigenvalue weighted by Gasteiger charge is -2.04. The van der Waals surface area contributed by atoms with Crippen LogP contribution in [-0.4, -0.2) is 23.7 Å². The van der Waals surface area contributed by atoms with Gasteiger partial charge in [-0.05, 0) is 23.3 Å². The van der Waals surface area contributed by atoms with Crippen molar-refractivity contribution in [1.29, 1.82) is 0 Å². The van der Waals surface area contributed by atoms with E-state index < -0.39 is 0 Å². The number of benzene rings is 2. The molecule has 0 spiro atoms. The molecule has 1 aliphatic heterocycles. The Balaban J connectivity index is 1.91. The summed E-state index contributed by atoms with van der Waals surface area (Å²) in [7, 11) is 0. The van der Waals surface area contributed by atoms with Crippen molar-refractivity contribution in [2.75, 3.05) is 6.54 Å². The van der Waals surface area contributed by atoms with E-state index in [1.165, 1.54) is 0 Å². The number of nitrogens with one attached hydrogen (secondary N) is 1. The second-order valence-corrected chi connectivity index (χ2v) is 4.52. The molecule has 4 heteroatoms. The number of hydrogen-bond acceptors (Lipinski definition) is 4. The predicted molar refractivity (Wildman–Crippen MR) is 77.9 cm³/mol. The van der Waals surface area contributed by atoms with E-state index in [1.54, 1.807) is 12.3 Å². The predicted octanol–water partition coefficient (Wildman–Crippen LogP) is 2.66. The molecular weight excluding hydrogens is 238 g/mol. The fraction of sp³-hybridized carbons (Fsp3) is 0.200. The number of aromatic hydroxyl groups is 1. The van der Waals surface area contributed by atoms with Crippen LogP contribution < -0.4 is 5.43 Å². The lowest BCUT2D eigenvalue weighted by atomic mass is 10.0. The lowest BCUT2D eigenvalue weighted by molar-refractivity contribution is 0.475. The Labute approximate surface area is 111 Å². The van der Waals surface area contributed by atoms with Gasteiger partial charge in [0.2, 0.25) is 0 Å². The van der Waals surface area contributed by atoms with E-state index in [0.29, 0.717) is 0 Å². The number of hydrogen-bond donors (Lipinski definition) is 2. The molecule has 0 aromatic heterocycles. The number of aliphatic imine (C=N–C) groups is 1. The fourth-order valence-electron chi connectivity index (χ4n) is 2.22. The maximum absolute atomic E-state index is 9.95. The normalized spacial score (nSPS) is 15.1. The van der Waals surface area contributed by atoms with E-state index in [1.807, 2.05) is 30.3 Å². The molecule has 0 saturated carbocycles. The topological polar surface area (TPSA) is 57.0 Å². The minimum absolute atomic E-state index is 0.234. The van der Waals surface area contributed by atoms with E-state index in [2.05, 4.69) is 15.5 Å². The molecule has 0 atom stereocenters. The number of amidine groups is 1. The molecule has 4 nitrogen and oxygen atoms in total. The molecule has 1 aliphatic rings. The first-order valence-electron chi connectivity index (χ1n) is 6.38. The van der Waals surface area contributed by atoms with Gasteiger partial charge in [-0.15, -0.1) is 0 Å². The Morgan fingerprint density at radius 2 is 2.11 bits per heavy atom.